The number of benzene rings is 2. The van der Waals surface area contributed by atoms with Crippen LogP contribution in [0.4, 0.5) is 5.69 Å². The van der Waals surface area contributed by atoms with E-state index in [1.54, 1.807) is 0 Å². The summed E-state index contributed by atoms with van der Waals surface area (Å²) in [6.45, 7) is 22.1. The van der Waals surface area contributed by atoms with Gasteiger partial charge in [0.2, 0.25) is 0 Å². The van der Waals surface area contributed by atoms with Crippen LogP contribution in [0.2, 0.25) is 0 Å². The molecule has 0 saturated carbocycles. The van der Waals surface area contributed by atoms with E-state index in [2.05, 4.69) is 259 Å². The van der Waals surface area contributed by atoms with Crippen molar-refractivity contribution in [2.75, 3.05) is 4.90 Å². The Morgan fingerprint density at radius 1 is 0.900 bits per heavy atom. The molecule has 0 radical (unpaired) electrons. The van der Waals surface area contributed by atoms with Crippen LogP contribution in [-0.2, 0) is 12.8 Å². The lowest BCUT2D eigenvalue weighted by Gasteiger charge is -2.51. The third kappa shape index (κ3) is 10.9. The summed E-state index contributed by atoms with van der Waals surface area (Å²) in [7, 11) is 0. The van der Waals surface area contributed by atoms with Crippen molar-refractivity contribution in [2.24, 2.45) is 5.92 Å². The predicted octanol–water partition coefficient (Wildman–Crippen LogP) is 17.9. The van der Waals surface area contributed by atoms with Crippen molar-refractivity contribution >= 4 is 16.8 Å². The zero-order valence-corrected chi connectivity index (χ0v) is 42.8. The maximum Gasteiger partial charge on any atom is 0.0672 e. The first kappa shape index (κ1) is 49.5. The lowest BCUT2D eigenvalue weighted by Crippen LogP contribution is -2.56. The van der Waals surface area contributed by atoms with Gasteiger partial charge in [0.15, 0.2) is 0 Å². The van der Waals surface area contributed by atoms with Crippen LogP contribution in [0.1, 0.15) is 114 Å². The Hall–Kier alpha value is -6.90. The quantitative estimate of drug-likeness (QED) is 0.164. The molecule has 0 saturated heterocycles. The summed E-state index contributed by atoms with van der Waals surface area (Å²) in [5.74, 6) is 0.491. The summed E-state index contributed by atoms with van der Waals surface area (Å²) in [4.78, 5) is 4.98. The van der Waals surface area contributed by atoms with Gasteiger partial charge in [-0.15, -0.1) is 0 Å². The van der Waals surface area contributed by atoms with Crippen molar-refractivity contribution in [2.45, 2.75) is 110 Å². The van der Waals surface area contributed by atoms with Crippen LogP contribution in [0.15, 0.2) is 253 Å². The second-order valence-corrected chi connectivity index (χ2v) is 19.7. The van der Waals surface area contributed by atoms with Gasteiger partial charge in [-0.25, -0.2) is 0 Å². The minimum absolute atomic E-state index is 0.156. The molecule has 3 unspecified atom stereocenters. The summed E-state index contributed by atoms with van der Waals surface area (Å²) >= 11 is 0. The van der Waals surface area contributed by atoms with Crippen molar-refractivity contribution in [3.8, 4) is 0 Å². The number of anilines is 1. The Labute approximate surface area is 421 Å². The van der Waals surface area contributed by atoms with Gasteiger partial charge >= 0.3 is 0 Å². The Bertz CT molecular complexity index is 2880. The highest BCUT2D eigenvalue weighted by atomic mass is 15.2. The lowest BCUT2D eigenvalue weighted by atomic mass is 9.75. The van der Waals surface area contributed by atoms with E-state index in [0.717, 1.165) is 56.3 Å². The van der Waals surface area contributed by atoms with Crippen LogP contribution in [0.5, 0.6) is 0 Å². The van der Waals surface area contributed by atoms with Gasteiger partial charge in [-0.1, -0.05) is 191 Å². The monoisotopic (exact) mass is 919 g/mol. The van der Waals surface area contributed by atoms with Gasteiger partial charge in [0.1, 0.15) is 0 Å². The maximum atomic E-state index is 4.63. The van der Waals surface area contributed by atoms with Gasteiger partial charge in [0, 0.05) is 46.6 Å². The van der Waals surface area contributed by atoms with Gasteiger partial charge in [-0.2, -0.15) is 0 Å². The highest BCUT2D eigenvalue weighted by molar-refractivity contribution is 5.90. The summed E-state index contributed by atoms with van der Waals surface area (Å²) in [6, 6.07) is 14.6. The van der Waals surface area contributed by atoms with E-state index in [0.29, 0.717) is 0 Å². The summed E-state index contributed by atoms with van der Waals surface area (Å²) in [5, 5.41) is 0. The number of hydrogen-bond donors (Lipinski definition) is 0. The number of fused-ring (bicyclic) bond motifs is 3. The highest BCUT2D eigenvalue weighted by Gasteiger charge is 2.42. The summed E-state index contributed by atoms with van der Waals surface area (Å²) < 4.78 is 0. The number of nitrogens with zero attached hydrogens (tertiary/aromatic N) is 2. The minimum Gasteiger partial charge on any atom is -0.356 e. The number of aryl methyl sites for hydroxylation is 1. The molecule has 0 fully saturated rings. The molecule has 0 aromatic heterocycles. The van der Waals surface area contributed by atoms with Crippen LogP contribution >= 0.6 is 0 Å². The smallest absolute Gasteiger partial charge is 0.0672 e. The fourth-order valence-electron chi connectivity index (χ4n) is 11.2. The Balaban J connectivity index is 1.12. The van der Waals surface area contributed by atoms with Gasteiger partial charge in [0.25, 0.3) is 0 Å². The number of allylic oxidation sites excluding steroid dienone is 29. The molecule has 0 amide bonds. The van der Waals surface area contributed by atoms with E-state index in [1.165, 1.54) is 79.1 Å². The molecule has 2 heteroatoms. The predicted molar refractivity (Wildman–Crippen MR) is 305 cm³/mol. The van der Waals surface area contributed by atoms with Crippen LogP contribution in [0.25, 0.3) is 11.1 Å². The zero-order valence-electron chi connectivity index (χ0n) is 42.8. The Kier molecular flexibility index (Phi) is 16.4. The van der Waals surface area contributed by atoms with Gasteiger partial charge in [0.05, 0.1) is 6.04 Å². The van der Waals surface area contributed by atoms with E-state index in [1.807, 2.05) is 6.08 Å². The van der Waals surface area contributed by atoms with Crippen LogP contribution < -0.4 is 4.90 Å². The fraction of sp³-hybridized carbons (Fsp3) is 0.265. The lowest BCUT2D eigenvalue weighted by molar-refractivity contribution is 0.366. The molecular weight excluding hydrogens is 845 g/mol. The molecule has 0 N–H and O–H groups in total. The highest BCUT2D eigenvalue weighted by Crippen LogP contribution is 2.46. The molecule has 3 atom stereocenters. The first-order valence-corrected chi connectivity index (χ1v) is 25.9. The van der Waals surface area contributed by atoms with Crippen molar-refractivity contribution < 1.29 is 0 Å². The molecule has 2 bridgehead atoms. The van der Waals surface area contributed by atoms with Crippen LogP contribution in [0.3, 0.4) is 0 Å². The molecule has 2 aromatic carbocycles. The number of hydrogen-bond acceptors (Lipinski definition) is 2. The standard InChI is InChI=1S/C68H74N2/c1-9-14-16-17-20-29-50(6)69(60-35-21-18-19-22-36-60)61(28-11-3)45-57-34-27-33-53-39-40-56(48-64(53)57)55-31-24-23-30-54(44-55)51(12-4)47-65-52(13-5)43-58-41-42-63(49-66(58)65)70-62-37-26-25-32-59(46-62)67(38-15-10-2)68(70,7)8/h10-13,15-26,28-30,32,35,37-42,44-49,57,62,67H,2,6,9,14,27,31,33-34,36,43H2,1,3-5,7-8H3/b17-16-,28-11-,29-20-,38-15-,51-12+,52-13-,61-45+,65-47+. The molecule has 356 valence electrons. The van der Waals surface area contributed by atoms with E-state index < -0.39 is 0 Å². The minimum atomic E-state index is -0.178. The third-order valence-corrected chi connectivity index (χ3v) is 14.7. The van der Waals surface area contributed by atoms with Gasteiger partial charge in [-0.3, -0.25) is 0 Å². The normalized spacial score (nSPS) is 23.2. The van der Waals surface area contributed by atoms with Crippen molar-refractivity contribution in [3.05, 3.63) is 281 Å². The fourth-order valence-corrected chi connectivity index (χ4v) is 11.2. The second kappa shape index (κ2) is 23.1. The number of rotatable bonds is 15. The molecule has 6 aliphatic rings. The SMILES string of the molecule is C=C/C=C\C1C2=CC(C=CC=C2)N(c2ccc3c(c2)C(=C/C(=C\C)C2=CC=CCC(c4ccc5c(c4)C(/C=C(\C=C/C)N(C(=C)/C=C\C=C/CCC)C4=CC=CC=CC4)CCC5)=C2)/C(=C\C)C3)C1(C)C. The Morgan fingerprint density at radius 3 is 2.57 bits per heavy atom. The average Bonchev–Trinajstić information content (AvgIpc) is 3.68. The number of unbranched alkanes of at least 4 members (excludes halogenated alkanes) is 1. The summed E-state index contributed by atoms with van der Waals surface area (Å²) in [6.07, 6.45) is 68.8. The summed E-state index contributed by atoms with van der Waals surface area (Å²) in [5.41, 5.74) is 19.2. The Morgan fingerprint density at radius 2 is 1.76 bits per heavy atom. The van der Waals surface area contributed by atoms with Crippen molar-refractivity contribution in [3.63, 3.8) is 0 Å². The second-order valence-electron chi connectivity index (χ2n) is 19.7. The molecule has 8 rings (SSSR count). The molecule has 1 aliphatic heterocycles. The molecule has 5 aliphatic carbocycles. The van der Waals surface area contributed by atoms with E-state index in [-0.39, 0.29) is 23.4 Å². The largest absolute Gasteiger partial charge is 0.356 e. The zero-order chi connectivity index (χ0) is 49.0. The van der Waals surface area contributed by atoms with Crippen LogP contribution in [-0.4, -0.2) is 16.5 Å². The average molecular weight is 919 g/mol. The van der Waals surface area contributed by atoms with Crippen molar-refractivity contribution in [1.29, 1.82) is 0 Å². The maximum absolute atomic E-state index is 4.63. The molecule has 0 spiro atoms. The molecule has 2 aromatic rings. The molecule has 2 nitrogen and oxygen atoms in total. The molecule has 70 heavy (non-hydrogen) atoms. The molecule has 1 heterocycles. The van der Waals surface area contributed by atoms with Gasteiger partial charge in [-0.05, 0) is 171 Å². The molecular formula is C68H74N2. The topological polar surface area (TPSA) is 6.48 Å². The van der Waals surface area contributed by atoms with Gasteiger partial charge < -0.3 is 9.80 Å². The third-order valence-electron chi connectivity index (χ3n) is 14.7. The first-order chi connectivity index (χ1) is 34.2. The van der Waals surface area contributed by atoms with E-state index in [4.69, 9.17) is 0 Å². The van der Waals surface area contributed by atoms with E-state index >= 15 is 0 Å². The first-order valence-electron chi connectivity index (χ1n) is 25.9. The van der Waals surface area contributed by atoms with Crippen LogP contribution in [0, 0.1) is 5.92 Å². The van der Waals surface area contributed by atoms with Crippen molar-refractivity contribution in [1.82, 2.24) is 4.90 Å². The van der Waals surface area contributed by atoms with E-state index in [9.17, 15) is 0 Å².